The molecule has 0 aromatic rings. The van der Waals surface area contributed by atoms with Crippen molar-refractivity contribution < 1.29 is 53.0 Å². The minimum absolute atomic E-state index is 1.17. The van der Waals surface area contributed by atoms with Gasteiger partial charge in [0.25, 0.3) is 10.2 Å². The van der Waals surface area contributed by atoms with Crippen LogP contribution in [0.15, 0.2) is 0 Å². The summed E-state index contributed by atoms with van der Waals surface area (Å²) in [5.41, 5.74) is 19.2. The topological polar surface area (TPSA) is 347 Å². The molecule has 0 saturated carbocycles. The third-order valence-corrected chi connectivity index (χ3v) is 3.24. The van der Waals surface area contributed by atoms with Crippen LogP contribution in [0.3, 0.4) is 0 Å². The van der Waals surface area contributed by atoms with Crippen LogP contribution in [0.1, 0.15) is 0 Å². The van der Waals surface area contributed by atoms with Crippen LogP contribution in [-0.2, 0) is 13.2 Å². The van der Waals surface area contributed by atoms with Gasteiger partial charge in [0.15, 0.2) is 0 Å². The number of hydrogen-bond acceptors (Lipinski definition) is 8. The molecule has 0 unspecified atom stereocenters. The van der Waals surface area contributed by atoms with E-state index >= 15 is 0 Å². The second-order valence-corrected chi connectivity index (χ2v) is 5.19. The van der Waals surface area contributed by atoms with Gasteiger partial charge in [-0.2, -0.15) is 0 Å². The van der Waals surface area contributed by atoms with Crippen LogP contribution in [0.25, 0.3) is 0 Å². The molecule has 0 aliphatic heterocycles. The largest absolute Gasteiger partial charge is 0.328 e. The molecule has 0 aliphatic rings. The van der Waals surface area contributed by atoms with Crippen molar-refractivity contribution in [1.82, 2.24) is 17.6 Å². The molecule has 0 atom stereocenters. The molecule has 0 spiro atoms. The van der Waals surface area contributed by atoms with Gasteiger partial charge in [-0.05, 0) is 0 Å². The Balaban J connectivity index is -0.000000503. The van der Waals surface area contributed by atoms with E-state index in [0.717, 1.165) is 0 Å². The summed E-state index contributed by atoms with van der Waals surface area (Å²) in [5.74, 6) is 0. The maximum atomic E-state index is 10.7. The van der Waals surface area contributed by atoms with Gasteiger partial charge in [0.05, 0.1) is 0 Å². The molecule has 25 heavy (non-hydrogen) atoms. The molecule has 0 fully saturated rings. The van der Waals surface area contributed by atoms with Gasteiger partial charge >= 0.3 is 97.1 Å². The van der Waals surface area contributed by atoms with Gasteiger partial charge < -0.3 is 10.4 Å². The van der Waals surface area contributed by atoms with Crippen LogP contribution >= 0.6 is 0 Å². The standard InChI is InChI=1S/4CH4N2O.2HNO3.Ni/c6*2-1(3)4;/h4*(H4,2,3,4);2*(H,2,3,4);/q;;;;;;+4/p-4. The third-order valence-electron chi connectivity index (χ3n) is 0.786. The number of nitrogens with two attached hydrogens (primary N) is 4. The summed E-state index contributed by atoms with van der Waals surface area (Å²) in [6.45, 7) is 0. The summed E-state index contributed by atoms with van der Waals surface area (Å²) in [5, 5.41) is 27.3. The summed E-state index contributed by atoms with van der Waals surface area (Å²) < 4.78 is 7.54. The van der Waals surface area contributed by atoms with Crippen molar-refractivity contribution in [3.05, 3.63) is 20.2 Å². The number of carbonyl (C=O) groups excluding carboxylic acids is 4. The maximum absolute atomic E-state index is 10.7. The number of primary amides is 4. The number of rotatable bonds is 4. The molecule has 0 bridgehead atoms. The second-order valence-electron chi connectivity index (χ2n) is 2.72. The molecule has 20 nitrogen and oxygen atoms in total. The van der Waals surface area contributed by atoms with Crippen molar-refractivity contribution in [2.75, 3.05) is 0 Å². The van der Waals surface area contributed by atoms with E-state index in [-0.39, 0.29) is 0 Å². The molecule has 0 heterocycles. The zero-order valence-corrected chi connectivity index (χ0v) is 12.7. The molecule has 0 rings (SSSR count). The molecular weight excluding hydrogens is 407 g/mol. The smallest absolute Gasteiger partial charge is 0.291 e. The first kappa shape index (κ1) is 25.9. The fourth-order valence-electron chi connectivity index (χ4n) is 0.586. The van der Waals surface area contributed by atoms with Gasteiger partial charge in [-0.15, -0.1) is 20.2 Å². The SMILES string of the molecule is NC(=O)[NH][Ni]([NH]C(N)=O)([NH]C(N)=O)[NH]C(N)=O.O=[N+]([O-])O.O=[N+]([O-])O. The summed E-state index contributed by atoms with van der Waals surface area (Å²) in [6.07, 6.45) is 0. The quantitative estimate of drug-likeness (QED) is 0.118. The molecule has 21 heteroatoms. The van der Waals surface area contributed by atoms with Crippen molar-refractivity contribution in [2.24, 2.45) is 22.9 Å². The number of nitrogens with zero attached hydrogens (tertiary/aromatic N) is 2. The first-order valence-electron chi connectivity index (χ1n) is 4.73. The van der Waals surface area contributed by atoms with Crippen molar-refractivity contribution in [3.8, 4) is 0 Å². The van der Waals surface area contributed by atoms with Crippen LogP contribution in [0, 0.1) is 20.2 Å². The molecule has 0 aliphatic carbocycles. The minimum atomic E-state index is -3.41. The van der Waals surface area contributed by atoms with Gasteiger partial charge in [0.1, 0.15) is 0 Å². The van der Waals surface area contributed by atoms with Crippen LogP contribution in [-0.4, -0.2) is 44.7 Å². The third kappa shape index (κ3) is 25.3. The van der Waals surface area contributed by atoms with Crippen molar-refractivity contribution in [1.29, 1.82) is 0 Å². The van der Waals surface area contributed by atoms with Gasteiger partial charge in [0.2, 0.25) is 0 Å². The first-order valence-corrected chi connectivity index (χ1v) is 6.71. The zero-order valence-electron chi connectivity index (χ0n) is 11.7. The number of urea groups is 4. The maximum Gasteiger partial charge on any atom is 0.291 e. The Bertz CT molecular complexity index is 434. The van der Waals surface area contributed by atoms with E-state index in [4.69, 9.17) is 53.6 Å². The predicted octanol–water partition coefficient (Wildman–Crippen LogP) is -4.22. The Labute approximate surface area is 138 Å². The van der Waals surface area contributed by atoms with Crippen LogP contribution < -0.4 is 40.5 Å². The first-order chi connectivity index (χ1) is 11.1. The minimum Gasteiger partial charge on any atom is -0.328 e. The monoisotopic (exact) mass is 420 g/mol. The average molecular weight is 421 g/mol. The number of carbonyl (C=O) groups is 4. The fourth-order valence-corrected chi connectivity index (χ4v) is 2.42. The van der Waals surface area contributed by atoms with E-state index in [2.05, 4.69) is 0 Å². The molecule has 8 amide bonds. The molecule has 0 saturated heterocycles. The van der Waals surface area contributed by atoms with E-state index in [0.29, 0.717) is 0 Å². The number of nitrogens with one attached hydrogen (secondary N) is 4. The summed E-state index contributed by atoms with van der Waals surface area (Å²) >= 11 is -3.41. The molecule has 14 N–H and O–H groups in total. The van der Waals surface area contributed by atoms with E-state index in [9.17, 15) is 19.2 Å². The molecular formula is C4H14N10NiO10. The van der Waals surface area contributed by atoms with Crippen molar-refractivity contribution >= 4 is 24.1 Å². The average Bonchev–Trinajstić information content (AvgIpc) is 2.20. The molecule has 0 aromatic carbocycles. The Morgan fingerprint density at radius 1 is 0.680 bits per heavy atom. The molecule has 150 valence electrons. The van der Waals surface area contributed by atoms with Gasteiger partial charge in [0, 0.05) is 0 Å². The van der Waals surface area contributed by atoms with Crippen molar-refractivity contribution in [2.45, 2.75) is 0 Å². The summed E-state index contributed by atoms with van der Waals surface area (Å²) in [7, 11) is 0. The number of hydrogen-bond donors (Lipinski definition) is 10. The van der Waals surface area contributed by atoms with Crippen molar-refractivity contribution in [3.63, 3.8) is 0 Å². The van der Waals surface area contributed by atoms with Gasteiger partial charge in [-0.1, -0.05) is 0 Å². The van der Waals surface area contributed by atoms with Crippen LogP contribution in [0.2, 0.25) is 0 Å². The summed E-state index contributed by atoms with van der Waals surface area (Å²) in [4.78, 5) is 59.6. The number of amides is 8. The fraction of sp³-hybridized carbons (Fsp3) is 0. The molecule has 0 aromatic heterocycles. The summed E-state index contributed by atoms with van der Waals surface area (Å²) in [6, 6.07) is -4.66. The van der Waals surface area contributed by atoms with E-state index < -0.39 is 47.5 Å². The van der Waals surface area contributed by atoms with Crippen LogP contribution in [0.5, 0.6) is 0 Å². The van der Waals surface area contributed by atoms with Crippen LogP contribution in [0.4, 0.5) is 19.2 Å². The predicted molar refractivity (Wildman–Crippen MR) is 68.4 cm³/mol. The Morgan fingerprint density at radius 3 is 0.880 bits per heavy atom. The normalized spacial score (nSPS) is 9.28. The zero-order chi connectivity index (χ0) is 20.8. The molecule has 0 radical (unpaired) electrons. The van der Waals surface area contributed by atoms with E-state index in [1.165, 1.54) is 0 Å². The Kier molecular flexibility index (Phi) is 13.0. The van der Waals surface area contributed by atoms with E-state index in [1.54, 1.807) is 0 Å². The van der Waals surface area contributed by atoms with Gasteiger partial charge in [-0.25, -0.2) is 0 Å². The Morgan fingerprint density at radius 2 is 0.800 bits per heavy atom. The van der Waals surface area contributed by atoms with E-state index in [1.807, 2.05) is 17.6 Å². The van der Waals surface area contributed by atoms with Gasteiger partial charge in [-0.3, -0.25) is 0 Å². The Hall–Kier alpha value is -4.03. The second kappa shape index (κ2) is 12.5.